The van der Waals surface area contributed by atoms with Gasteiger partial charge in [0, 0.05) is 0 Å². The molecule has 0 aromatic carbocycles. The topological polar surface area (TPSA) is 87.4 Å². The number of nitrogens with zero attached hydrogens (tertiary/aromatic N) is 1. The van der Waals surface area contributed by atoms with Gasteiger partial charge in [-0.15, -0.1) is 0 Å². The van der Waals surface area contributed by atoms with Gasteiger partial charge in [-0.1, -0.05) is 0 Å². The van der Waals surface area contributed by atoms with E-state index in [0.717, 1.165) is 6.08 Å². The summed E-state index contributed by atoms with van der Waals surface area (Å²) >= 11 is 0. The minimum Gasteiger partial charge on any atom is -0.369 e. The van der Waals surface area contributed by atoms with E-state index in [1.165, 1.54) is 6.07 Å². The maximum Gasteiger partial charge on any atom is 0.445 e. The first-order valence-corrected chi connectivity index (χ1v) is 3.13. The molecule has 0 atom stereocenters. The van der Waals surface area contributed by atoms with Gasteiger partial charge in [-0.25, -0.2) is 0 Å². The molecule has 0 heterocycles. The van der Waals surface area contributed by atoms with Crippen LogP contribution in [0.2, 0.25) is 0 Å². The van der Waals surface area contributed by atoms with Crippen LogP contribution < -0.4 is 0 Å². The maximum atomic E-state index is 9.68. The fourth-order valence-electron chi connectivity index (χ4n) is 0.128. The van der Waals surface area contributed by atoms with E-state index in [9.17, 15) is 8.42 Å². The van der Waals surface area contributed by atoms with Crippen molar-refractivity contribution in [3.8, 4) is 6.07 Å². The van der Waals surface area contributed by atoms with Gasteiger partial charge in [-0.3, -0.25) is 4.55 Å². The molecule has 0 saturated heterocycles. The molecule has 0 bridgehead atoms. The molecule has 1 N–H and O–H groups in total. The summed E-state index contributed by atoms with van der Waals surface area (Å²) in [6.45, 7) is 0. The Morgan fingerprint density at radius 3 is 2.56 bits per heavy atom. The molecule has 5 nitrogen and oxygen atoms in total. The standard InChI is InChI=1S/C3H3NO4S/c4-2-1-3-8-9(5,6)7/h1,3H,(H,5,6,7). The molecule has 0 aromatic heterocycles. The zero-order valence-electron chi connectivity index (χ0n) is 4.18. The number of nitriles is 1. The third-order valence-electron chi connectivity index (χ3n) is 0.320. The average Bonchev–Trinajstić information content (AvgIpc) is 1.63. The average molecular weight is 149 g/mol. The number of allylic oxidation sites excluding steroid dienone is 1. The predicted octanol–water partition coefficient (Wildman–Crippen LogP) is -0.157. The van der Waals surface area contributed by atoms with Crippen molar-refractivity contribution >= 4 is 10.4 Å². The summed E-state index contributed by atoms with van der Waals surface area (Å²) in [6.07, 6.45) is 1.34. The van der Waals surface area contributed by atoms with Crippen LogP contribution >= 0.6 is 0 Å². The largest absolute Gasteiger partial charge is 0.445 e. The number of hydrogen-bond donors (Lipinski definition) is 1. The van der Waals surface area contributed by atoms with E-state index in [1.54, 1.807) is 0 Å². The molecule has 0 amide bonds. The van der Waals surface area contributed by atoms with Crippen LogP contribution in [0.5, 0.6) is 0 Å². The summed E-state index contributed by atoms with van der Waals surface area (Å²) in [4.78, 5) is 0. The van der Waals surface area contributed by atoms with Gasteiger partial charge >= 0.3 is 10.4 Å². The lowest BCUT2D eigenvalue weighted by Crippen LogP contribution is -1.96. The van der Waals surface area contributed by atoms with Crippen LogP contribution in [-0.4, -0.2) is 13.0 Å². The minimum atomic E-state index is -4.43. The molecule has 0 aliphatic rings. The molecule has 6 heteroatoms. The Kier molecular flexibility index (Phi) is 2.70. The van der Waals surface area contributed by atoms with E-state index in [1.807, 2.05) is 0 Å². The summed E-state index contributed by atoms with van der Waals surface area (Å²) in [6, 6.07) is 1.46. The zero-order valence-corrected chi connectivity index (χ0v) is 5.00. The number of rotatable bonds is 2. The van der Waals surface area contributed by atoms with Crippen molar-refractivity contribution in [1.82, 2.24) is 0 Å². The quantitative estimate of drug-likeness (QED) is 0.335. The van der Waals surface area contributed by atoms with Crippen LogP contribution in [0.4, 0.5) is 0 Å². The van der Waals surface area contributed by atoms with Gasteiger partial charge in [0.05, 0.1) is 12.1 Å². The van der Waals surface area contributed by atoms with Gasteiger partial charge in [0.15, 0.2) is 0 Å². The lowest BCUT2D eigenvalue weighted by molar-refractivity contribution is 0.356. The van der Waals surface area contributed by atoms with Gasteiger partial charge in [-0.05, 0) is 0 Å². The Labute approximate surface area is 52.1 Å². The second-order valence-electron chi connectivity index (χ2n) is 0.956. The highest BCUT2D eigenvalue weighted by atomic mass is 32.3. The SMILES string of the molecule is N#CC=COS(=O)(=O)O. The highest BCUT2D eigenvalue weighted by Gasteiger charge is 1.97. The van der Waals surface area contributed by atoms with Gasteiger partial charge in [0.1, 0.15) is 6.26 Å². The van der Waals surface area contributed by atoms with Crippen molar-refractivity contribution in [2.45, 2.75) is 0 Å². The summed E-state index contributed by atoms with van der Waals surface area (Å²) < 4.78 is 30.8. The molecule has 50 valence electrons. The molecule has 0 aliphatic heterocycles. The normalized spacial score (nSPS) is 11.1. The van der Waals surface area contributed by atoms with E-state index in [4.69, 9.17) is 9.81 Å². The third kappa shape index (κ3) is 6.94. The van der Waals surface area contributed by atoms with Crippen molar-refractivity contribution in [2.24, 2.45) is 0 Å². The summed E-state index contributed by atoms with van der Waals surface area (Å²) in [5.41, 5.74) is 0. The Morgan fingerprint density at radius 1 is 1.67 bits per heavy atom. The first-order chi connectivity index (χ1) is 4.06. The summed E-state index contributed by atoms with van der Waals surface area (Å²) in [7, 11) is -4.43. The highest BCUT2D eigenvalue weighted by molar-refractivity contribution is 7.81. The Hall–Kier alpha value is -1.06. The first kappa shape index (κ1) is 7.94. The minimum absolute atomic E-state index is 0.565. The zero-order chi connectivity index (χ0) is 7.33. The second kappa shape index (κ2) is 3.06. The van der Waals surface area contributed by atoms with Crippen molar-refractivity contribution < 1.29 is 17.2 Å². The molecule has 0 aliphatic carbocycles. The second-order valence-corrected chi connectivity index (χ2v) is 2.00. The number of hydrogen-bond acceptors (Lipinski definition) is 4. The fourth-order valence-corrected chi connectivity index (χ4v) is 0.324. The summed E-state index contributed by atoms with van der Waals surface area (Å²) in [5.74, 6) is 0. The molecule has 0 unspecified atom stereocenters. The van der Waals surface area contributed by atoms with Crippen LogP contribution in [0.15, 0.2) is 12.3 Å². The van der Waals surface area contributed by atoms with Crippen molar-refractivity contribution in [1.29, 1.82) is 5.26 Å². The van der Waals surface area contributed by atoms with Crippen molar-refractivity contribution in [2.75, 3.05) is 0 Å². The maximum absolute atomic E-state index is 9.68. The van der Waals surface area contributed by atoms with Crippen molar-refractivity contribution in [3.63, 3.8) is 0 Å². The fraction of sp³-hybridized carbons (Fsp3) is 0. The molecular formula is C3H3NO4S. The van der Waals surface area contributed by atoms with Gasteiger partial charge < -0.3 is 4.18 Å². The van der Waals surface area contributed by atoms with Gasteiger partial charge in [0.25, 0.3) is 0 Å². The Bertz CT molecular complexity index is 233. The van der Waals surface area contributed by atoms with Gasteiger partial charge in [-0.2, -0.15) is 13.7 Å². The molecule has 9 heavy (non-hydrogen) atoms. The predicted molar refractivity (Wildman–Crippen MR) is 27.4 cm³/mol. The third-order valence-corrected chi connectivity index (χ3v) is 0.674. The Balaban J connectivity index is 3.83. The molecule has 0 rings (SSSR count). The summed E-state index contributed by atoms with van der Waals surface area (Å²) in [5, 5.41) is 7.77. The van der Waals surface area contributed by atoms with Crippen molar-refractivity contribution in [3.05, 3.63) is 12.3 Å². The van der Waals surface area contributed by atoms with Crippen LogP contribution in [0.25, 0.3) is 0 Å². The van der Waals surface area contributed by atoms with Crippen LogP contribution in [0.1, 0.15) is 0 Å². The van der Waals surface area contributed by atoms with E-state index in [2.05, 4.69) is 4.18 Å². The van der Waals surface area contributed by atoms with Crippen LogP contribution in [0, 0.1) is 11.3 Å². The molecule has 0 spiro atoms. The van der Waals surface area contributed by atoms with Crippen LogP contribution in [-0.2, 0) is 14.6 Å². The molecule has 0 saturated carbocycles. The molecular weight excluding hydrogens is 146 g/mol. The smallest absolute Gasteiger partial charge is 0.369 e. The highest BCUT2D eigenvalue weighted by Crippen LogP contribution is 1.85. The molecule has 0 fully saturated rings. The lowest BCUT2D eigenvalue weighted by Gasteiger charge is -1.87. The molecule has 0 radical (unpaired) electrons. The van der Waals surface area contributed by atoms with Gasteiger partial charge in [0.2, 0.25) is 0 Å². The van der Waals surface area contributed by atoms with Crippen LogP contribution in [0.3, 0.4) is 0 Å². The lowest BCUT2D eigenvalue weighted by atomic mass is 10.7. The monoisotopic (exact) mass is 149 g/mol. The first-order valence-electron chi connectivity index (χ1n) is 1.76. The molecule has 0 aromatic rings. The van der Waals surface area contributed by atoms with E-state index >= 15 is 0 Å². The van der Waals surface area contributed by atoms with E-state index in [-0.39, 0.29) is 0 Å². The van der Waals surface area contributed by atoms with E-state index < -0.39 is 10.4 Å². The Morgan fingerprint density at radius 2 is 2.22 bits per heavy atom. The van der Waals surface area contributed by atoms with E-state index in [0.29, 0.717) is 6.26 Å².